The number of carbonyl (C=O) groups is 1. The Morgan fingerprint density at radius 3 is 2.91 bits per heavy atom. The van der Waals surface area contributed by atoms with Crippen molar-refractivity contribution in [2.45, 2.75) is 20.3 Å². The number of aromatic nitrogens is 4. The van der Waals surface area contributed by atoms with Crippen LogP contribution < -0.4 is 10.1 Å². The standard InChI is InChI=1S/C15H17N5O2S/c1-4-11-9(2)17-20(3)15(11)16-14(21)8-22-10-5-6-12-13(7-10)19-23-18-12/h5-7H,4,8H2,1-3H3,(H,16,21). The van der Waals surface area contributed by atoms with E-state index in [9.17, 15) is 4.79 Å². The fourth-order valence-corrected chi connectivity index (χ4v) is 2.97. The first kappa shape index (κ1) is 15.4. The van der Waals surface area contributed by atoms with Crippen LogP contribution >= 0.6 is 11.7 Å². The molecule has 0 radical (unpaired) electrons. The summed E-state index contributed by atoms with van der Waals surface area (Å²) in [4.78, 5) is 12.1. The molecule has 0 saturated carbocycles. The highest BCUT2D eigenvalue weighted by atomic mass is 32.1. The first-order chi connectivity index (χ1) is 11.1. The molecule has 0 aliphatic carbocycles. The third-order valence-corrected chi connectivity index (χ3v) is 4.11. The van der Waals surface area contributed by atoms with Crippen molar-refractivity contribution in [3.05, 3.63) is 29.5 Å². The molecule has 0 unspecified atom stereocenters. The van der Waals surface area contributed by atoms with E-state index in [2.05, 4.69) is 19.2 Å². The number of hydrogen-bond acceptors (Lipinski definition) is 6. The van der Waals surface area contributed by atoms with Gasteiger partial charge >= 0.3 is 0 Å². The van der Waals surface area contributed by atoms with Crippen molar-refractivity contribution in [2.24, 2.45) is 7.05 Å². The van der Waals surface area contributed by atoms with E-state index in [4.69, 9.17) is 4.74 Å². The first-order valence-corrected chi connectivity index (χ1v) is 7.99. The Morgan fingerprint density at radius 2 is 2.13 bits per heavy atom. The van der Waals surface area contributed by atoms with Gasteiger partial charge in [-0.05, 0) is 25.5 Å². The normalized spacial score (nSPS) is 10.9. The molecule has 120 valence electrons. The molecule has 3 aromatic rings. The maximum absolute atomic E-state index is 12.1. The van der Waals surface area contributed by atoms with E-state index in [1.54, 1.807) is 16.8 Å². The lowest BCUT2D eigenvalue weighted by molar-refractivity contribution is -0.118. The molecule has 2 aromatic heterocycles. The Kier molecular flexibility index (Phi) is 4.24. The summed E-state index contributed by atoms with van der Waals surface area (Å²) in [5.41, 5.74) is 3.55. The van der Waals surface area contributed by atoms with Crippen molar-refractivity contribution >= 4 is 34.5 Å². The molecule has 0 atom stereocenters. The van der Waals surface area contributed by atoms with Crippen LogP contribution in [0.5, 0.6) is 5.75 Å². The number of hydrogen-bond donors (Lipinski definition) is 1. The van der Waals surface area contributed by atoms with Crippen LogP contribution in [0, 0.1) is 6.92 Å². The predicted molar refractivity (Wildman–Crippen MR) is 88.9 cm³/mol. The van der Waals surface area contributed by atoms with Gasteiger partial charge in [0, 0.05) is 18.7 Å². The van der Waals surface area contributed by atoms with Crippen LogP contribution in [0.25, 0.3) is 11.0 Å². The van der Waals surface area contributed by atoms with Gasteiger partial charge in [-0.2, -0.15) is 13.8 Å². The maximum Gasteiger partial charge on any atom is 0.263 e. The summed E-state index contributed by atoms with van der Waals surface area (Å²) in [5.74, 6) is 1.09. The molecule has 1 amide bonds. The van der Waals surface area contributed by atoms with E-state index in [1.807, 2.05) is 27.0 Å². The van der Waals surface area contributed by atoms with Gasteiger partial charge in [0.1, 0.15) is 22.6 Å². The number of ether oxygens (including phenoxy) is 1. The lowest BCUT2D eigenvalue weighted by Crippen LogP contribution is -2.22. The van der Waals surface area contributed by atoms with Gasteiger partial charge in [-0.15, -0.1) is 0 Å². The van der Waals surface area contributed by atoms with Gasteiger partial charge in [-0.3, -0.25) is 9.48 Å². The van der Waals surface area contributed by atoms with Gasteiger partial charge in [0.2, 0.25) is 0 Å². The molecule has 0 spiro atoms. The highest BCUT2D eigenvalue weighted by molar-refractivity contribution is 7.00. The minimum atomic E-state index is -0.223. The van der Waals surface area contributed by atoms with E-state index in [1.165, 1.54) is 0 Å². The topological polar surface area (TPSA) is 81.9 Å². The van der Waals surface area contributed by atoms with Gasteiger partial charge in [0.25, 0.3) is 5.91 Å². The van der Waals surface area contributed by atoms with Crippen LogP contribution in [-0.2, 0) is 18.3 Å². The smallest absolute Gasteiger partial charge is 0.263 e. The van der Waals surface area contributed by atoms with Gasteiger partial charge in [0.05, 0.1) is 17.4 Å². The molecular formula is C15H17N5O2S. The quantitative estimate of drug-likeness (QED) is 0.776. The summed E-state index contributed by atoms with van der Waals surface area (Å²) in [6.45, 7) is 3.89. The number of benzene rings is 1. The number of fused-ring (bicyclic) bond motifs is 1. The zero-order chi connectivity index (χ0) is 16.4. The van der Waals surface area contributed by atoms with Crippen molar-refractivity contribution in [1.82, 2.24) is 18.5 Å². The molecule has 23 heavy (non-hydrogen) atoms. The van der Waals surface area contributed by atoms with Crippen LogP contribution in [0.3, 0.4) is 0 Å². The molecule has 0 aliphatic heterocycles. The van der Waals surface area contributed by atoms with Crippen LogP contribution in [0.2, 0.25) is 0 Å². The first-order valence-electron chi connectivity index (χ1n) is 7.26. The largest absolute Gasteiger partial charge is 0.484 e. The lowest BCUT2D eigenvalue weighted by Gasteiger charge is -2.09. The molecular weight excluding hydrogens is 314 g/mol. The summed E-state index contributed by atoms with van der Waals surface area (Å²) >= 11 is 1.15. The molecule has 1 N–H and O–H groups in total. The minimum absolute atomic E-state index is 0.0730. The van der Waals surface area contributed by atoms with E-state index in [-0.39, 0.29) is 12.5 Å². The van der Waals surface area contributed by atoms with Crippen LogP contribution in [-0.4, -0.2) is 31.0 Å². The molecule has 8 heteroatoms. The van der Waals surface area contributed by atoms with Crippen molar-refractivity contribution in [1.29, 1.82) is 0 Å². The Labute approximate surface area is 137 Å². The zero-order valence-corrected chi connectivity index (χ0v) is 14.0. The molecule has 0 bridgehead atoms. The van der Waals surface area contributed by atoms with Gasteiger partial charge in [-0.1, -0.05) is 6.92 Å². The fourth-order valence-electron chi connectivity index (χ4n) is 2.45. The summed E-state index contributed by atoms with van der Waals surface area (Å²) in [6, 6.07) is 5.38. The van der Waals surface area contributed by atoms with Gasteiger partial charge < -0.3 is 10.1 Å². The average Bonchev–Trinajstić information content (AvgIpc) is 3.09. The molecule has 0 saturated heterocycles. The Hall–Kier alpha value is -2.48. The van der Waals surface area contributed by atoms with Crippen LogP contribution in [0.4, 0.5) is 5.82 Å². The van der Waals surface area contributed by atoms with Crippen molar-refractivity contribution in [3.8, 4) is 5.75 Å². The third kappa shape index (κ3) is 3.16. The summed E-state index contributed by atoms with van der Waals surface area (Å²) in [7, 11) is 1.81. The molecule has 1 aromatic carbocycles. The van der Waals surface area contributed by atoms with E-state index < -0.39 is 0 Å². The van der Waals surface area contributed by atoms with Crippen molar-refractivity contribution < 1.29 is 9.53 Å². The highest BCUT2D eigenvalue weighted by Gasteiger charge is 2.14. The number of aryl methyl sites for hydroxylation is 2. The fraction of sp³-hybridized carbons (Fsp3) is 0.333. The predicted octanol–water partition coefficient (Wildman–Crippen LogP) is 2.31. The average molecular weight is 331 g/mol. The second-order valence-corrected chi connectivity index (χ2v) is 5.67. The Bertz CT molecular complexity index is 855. The summed E-state index contributed by atoms with van der Waals surface area (Å²) in [6.07, 6.45) is 0.809. The second kappa shape index (κ2) is 6.33. The molecule has 3 rings (SSSR count). The van der Waals surface area contributed by atoms with E-state index >= 15 is 0 Å². The Morgan fingerprint density at radius 1 is 1.35 bits per heavy atom. The number of carbonyl (C=O) groups excluding carboxylic acids is 1. The number of nitrogens with zero attached hydrogens (tertiary/aromatic N) is 4. The summed E-state index contributed by atoms with van der Waals surface area (Å²) in [5, 5.41) is 7.19. The van der Waals surface area contributed by atoms with Crippen LogP contribution in [0.15, 0.2) is 18.2 Å². The van der Waals surface area contributed by atoms with Crippen molar-refractivity contribution in [2.75, 3.05) is 11.9 Å². The highest BCUT2D eigenvalue weighted by Crippen LogP contribution is 2.20. The van der Waals surface area contributed by atoms with E-state index in [0.29, 0.717) is 5.75 Å². The zero-order valence-electron chi connectivity index (χ0n) is 13.2. The van der Waals surface area contributed by atoms with Gasteiger partial charge in [0.15, 0.2) is 6.61 Å². The molecule has 0 fully saturated rings. The second-order valence-electron chi connectivity index (χ2n) is 5.14. The van der Waals surface area contributed by atoms with E-state index in [0.717, 1.165) is 46.3 Å². The molecule has 2 heterocycles. The lowest BCUT2D eigenvalue weighted by atomic mass is 10.2. The minimum Gasteiger partial charge on any atom is -0.484 e. The van der Waals surface area contributed by atoms with Crippen molar-refractivity contribution in [3.63, 3.8) is 0 Å². The number of amides is 1. The monoisotopic (exact) mass is 331 g/mol. The number of nitrogens with one attached hydrogen (secondary N) is 1. The number of rotatable bonds is 5. The summed E-state index contributed by atoms with van der Waals surface area (Å²) < 4.78 is 15.5. The number of anilines is 1. The Balaban J connectivity index is 1.65. The van der Waals surface area contributed by atoms with Gasteiger partial charge in [-0.25, -0.2) is 0 Å². The van der Waals surface area contributed by atoms with Crippen LogP contribution in [0.1, 0.15) is 18.2 Å². The maximum atomic E-state index is 12.1. The molecule has 0 aliphatic rings. The SMILES string of the molecule is CCc1c(C)nn(C)c1NC(=O)COc1ccc2nsnc2c1. The third-order valence-electron chi connectivity index (χ3n) is 3.55. The molecule has 7 nitrogen and oxygen atoms in total.